The Kier molecular flexibility index (Phi) is 4.92. The van der Waals surface area contributed by atoms with Crippen LogP contribution in [-0.2, 0) is 11.2 Å². The third kappa shape index (κ3) is 3.80. The summed E-state index contributed by atoms with van der Waals surface area (Å²) in [7, 11) is 1.59. The van der Waals surface area contributed by atoms with Gasteiger partial charge in [-0.25, -0.2) is 0 Å². The Morgan fingerprint density at radius 3 is 2.77 bits per heavy atom. The van der Waals surface area contributed by atoms with Gasteiger partial charge in [0, 0.05) is 0 Å². The van der Waals surface area contributed by atoms with E-state index in [9.17, 15) is 4.79 Å². The number of nitrogens with two attached hydrogens (primary N) is 1. The van der Waals surface area contributed by atoms with Crippen LogP contribution in [0.1, 0.15) is 5.56 Å². The van der Waals surface area contributed by atoms with Crippen LogP contribution in [0, 0.1) is 0 Å². The molecule has 0 atom stereocenters. The molecule has 0 spiro atoms. The van der Waals surface area contributed by atoms with E-state index < -0.39 is 0 Å². The van der Waals surface area contributed by atoms with Gasteiger partial charge >= 0.3 is 0 Å². The molecule has 0 aromatic heterocycles. The maximum atomic E-state index is 10.5. The molecule has 0 heterocycles. The predicted molar refractivity (Wildman–Crippen MR) is 53.1 cm³/mol. The predicted octanol–water partition coefficient (Wildman–Crippen LogP) is 1.14. The van der Waals surface area contributed by atoms with E-state index in [0.717, 1.165) is 11.3 Å². The first-order chi connectivity index (χ1) is 5.72. The molecule has 0 aliphatic rings. The standard InChI is InChI=1S/C9H11NO2.ClH/c1-12-8-4-2-3-7(5-8)6-9(10)11;/h2-5H,6H2,1H3,(H2,10,11);1H. The van der Waals surface area contributed by atoms with Gasteiger partial charge in [0.2, 0.25) is 5.91 Å². The monoisotopic (exact) mass is 201 g/mol. The van der Waals surface area contributed by atoms with Gasteiger partial charge in [0.05, 0.1) is 13.5 Å². The maximum Gasteiger partial charge on any atom is 0.221 e. The summed E-state index contributed by atoms with van der Waals surface area (Å²) in [6.07, 6.45) is 0.261. The van der Waals surface area contributed by atoms with Crippen LogP contribution in [0.5, 0.6) is 5.75 Å². The van der Waals surface area contributed by atoms with Crippen molar-refractivity contribution in [3.05, 3.63) is 29.8 Å². The van der Waals surface area contributed by atoms with Crippen molar-refractivity contribution in [2.75, 3.05) is 7.11 Å². The zero-order valence-electron chi connectivity index (χ0n) is 7.32. The molecule has 0 bridgehead atoms. The van der Waals surface area contributed by atoms with Gasteiger partial charge in [-0.15, -0.1) is 12.4 Å². The van der Waals surface area contributed by atoms with Crippen LogP contribution in [0.2, 0.25) is 0 Å². The first kappa shape index (κ1) is 11.8. The van der Waals surface area contributed by atoms with Crippen LogP contribution < -0.4 is 10.5 Å². The normalized spacial score (nSPS) is 8.69. The summed E-state index contributed by atoms with van der Waals surface area (Å²) in [6, 6.07) is 7.29. The number of ether oxygens (including phenoxy) is 1. The van der Waals surface area contributed by atoms with Gasteiger partial charge in [0.25, 0.3) is 0 Å². The van der Waals surface area contributed by atoms with E-state index in [1.807, 2.05) is 18.2 Å². The second-order valence-corrected chi connectivity index (χ2v) is 2.49. The van der Waals surface area contributed by atoms with Gasteiger partial charge in [-0.05, 0) is 17.7 Å². The minimum atomic E-state index is -0.330. The SMILES string of the molecule is COc1cccc(CC(N)=O)c1.Cl. The number of carbonyl (C=O) groups excluding carboxylic acids is 1. The number of primary amides is 1. The van der Waals surface area contributed by atoms with Crippen molar-refractivity contribution in [1.82, 2.24) is 0 Å². The van der Waals surface area contributed by atoms with Gasteiger partial charge < -0.3 is 10.5 Å². The molecule has 1 aromatic rings. The molecule has 1 rings (SSSR count). The van der Waals surface area contributed by atoms with E-state index in [4.69, 9.17) is 10.5 Å². The Bertz CT molecular complexity index is 289. The van der Waals surface area contributed by atoms with E-state index >= 15 is 0 Å². The van der Waals surface area contributed by atoms with Crippen molar-refractivity contribution in [2.45, 2.75) is 6.42 Å². The highest BCUT2D eigenvalue weighted by molar-refractivity contribution is 5.85. The summed E-state index contributed by atoms with van der Waals surface area (Å²) in [5.74, 6) is 0.414. The zero-order chi connectivity index (χ0) is 8.97. The van der Waals surface area contributed by atoms with E-state index in [1.165, 1.54) is 0 Å². The van der Waals surface area contributed by atoms with Crippen molar-refractivity contribution in [1.29, 1.82) is 0 Å². The molecule has 1 amide bonds. The number of halogens is 1. The molecule has 3 nitrogen and oxygen atoms in total. The lowest BCUT2D eigenvalue weighted by molar-refractivity contribution is -0.117. The second kappa shape index (κ2) is 5.43. The summed E-state index contributed by atoms with van der Waals surface area (Å²) in [4.78, 5) is 10.5. The zero-order valence-corrected chi connectivity index (χ0v) is 8.14. The van der Waals surface area contributed by atoms with Gasteiger partial charge in [-0.1, -0.05) is 12.1 Å². The van der Waals surface area contributed by atoms with E-state index in [2.05, 4.69) is 0 Å². The molecule has 0 radical (unpaired) electrons. The Morgan fingerprint density at radius 2 is 2.23 bits per heavy atom. The number of amides is 1. The second-order valence-electron chi connectivity index (χ2n) is 2.49. The minimum Gasteiger partial charge on any atom is -0.497 e. The van der Waals surface area contributed by atoms with Gasteiger partial charge in [0.1, 0.15) is 5.75 Å². The number of hydrogen-bond donors (Lipinski definition) is 1. The molecule has 4 heteroatoms. The van der Waals surface area contributed by atoms with Crippen molar-refractivity contribution < 1.29 is 9.53 Å². The van der Waals surface area contributed by atoms with Crippen molar-refractivity contribution in [2.24, 2.45) is 5.73 Å². The summed E-state index contributed by atoms with van der Waals surface area (Å²) in [5.41, 5.74) is 5.91. The van der Waals surface area contributed by atoms with Gasteiger partial charge in [-0.3, -0.25) is 4.79 Å². The molecule has 2 N–H and O–H groups in total. The van der Waals surface area contributed by atoms with E-state index in [-0.39, 0.29) is 24.7 Å². The molecular formula is C9H12ClNO2. The van der Waals surface area contributed by atoms with Crippen LogP contribution in [-0.4, -0.2) is 13.0 Å². The van der Waals surface area contributed by atoms with Crippen LogP contribution in [0.15, 0.2) is 24.3 Å². The molecule has 0 saturated carbocycles. The first-order valence-electron chi connectivity index (χ1n) is 3.63. The fourth-order valence-electron chi connectivity index (χ4n) is 0.984. The Hall–Kier alpha value is -1.22. The number of rotatable bonds is 3. The van der Waals surface area contributed by atoms with Gasteiger partial charge in [0.15, 0.2) is 0 Å². The smallest absolute Gasteiger partial charge is 0.221 e. The van der Waals surface area contributed by atoms with E-state index in [0.29, 0.717) is 0 Å². The summed E-state index contributed by atoms with van der Waals surface area (Å²) < 4.78 is 4.98. The molecule has 0 fully saturated rings. The van der Waals surface area contributed by atoms with Crippen molar-refractivity contribution in [3.63, 3.8) is 0 Å². The Labute approximate surface area is 83.3 Å². The highest BCUT2D eigenvalue weighted by Gasteiger charge is 1.98. The molecule has 0 aliphatic carbocycles. The van der Waals surface area contributed by atoms with Crippen molar-refractivity contribution in [3.8, 4) is 5.75 Å². The minimum absolute atomic E-state index is 0. The number of benzene rings is 1. The third-order valence-electron chi connectivity index (χ3n) is 1.51. The van der Waals surface area contributed by atoms with Crippen molar-refractivity contribution >= 4 is 18.3 Å². The molecule has 1 aromatic carbocycles. The van der Waals surface area contributed by atoms with Crippen LogP contribution in [0.4, 0.5) is 0 Å². The highest BCUT2D eigenvalue weighted by Crippen LogP contribution is 2.12. The van der Waals surface area contributed by atoms with Crippen LogP contribution in [0.3, 0.4) is 0 Å². The average Bonchev–Trinajstić information content (AvgIpc) is 2.03. The average molecular weight is 202 g/mol. The molecule has 0 unspecified atom stereocenters. The number of carbonyl (C=O) groups is 1. The lowest BCUT2D eigenvalue weighted by Crippen LogP contribution is -2.13. The van der Waals surface area contributed by atoms with Crippen LogP contribution in [0.25, 0.3) is 0 Å². The molecule has 72 valence electrons. The number of hydrogen-bond acceptors (Lipinski definition) is 2. The van der Waals surface area contributed by atoms with E-state index in [1.54, 1.807) is 13.2 Å². The van der Waals surface area contributed by atoms with Crippen LogP contribution >= 0.6 is 12.4 Å². The largest absolute Gasteiger partial charge is 0.497 e. The highest BCUT2D eigenvalue weighted by atomic mass is 35.5. The summed E-state index contributed by atoms with van der Waals surface area (Å²) >= 11 is 0. The maximum absolute atomic E-state index is 10.5. The molecule has 0 aliphatic heterocycles. The first-order valence-corrected chi connectivity index (χ1v) is 3.63. The topological polar surface area (TPSA) is 52.3 Å². The fraction of sp³-hybridized carbons (Fsp3) is 0.222. The quantitative estimate of drug-likeness (QED) is 0.798. The Balaban J connectivity index is 0.00000144. The third-order valence-corrected chi connectivity index (χ3v) is 1.51. The molecule has 0 saturated heterocycles. The summed E-state index contributed by atoms with van der Waals surface area (Å²) in [5, 5.41) is 0. The number of methoxy groups -OCH3 is 1. The molecule has 13 heavy (non-hydrogen) atoms. The summed E-state index contributed by atoms with van der Waals surface area (Å²) in [6.45, 7) is 0. The fourth-order valence-corrected chi connectivity index (χ4v) is 0.984. The Morgan fingerprint density at radius 1 is 1.54 bits per heavy atom. The lowest BCUT2D eigenvalue weighted by atomic mass is 10.1. The van der Waals surface area contributed by atoms with Gasteiger partial charge in [-0.2, -0.15) is 0 Å². The lowest BCUT2D eigenvalue weighted by Gasteiger charge is -2.01. The molecular weight excluding hydrogens is 190 g/mol.